The molecule has 1 aromatic rings. The normalized spacial score (nSPS) is 20.0. The van der Waals surface area contributed by atoms with E-state index in [4.69, 9.17) is 14.3 Å². The lowest BCUT2D eigenvalue weighted by Crippen LogP contribution is -2.53. The quantitative estimate of drug-likeness (QED) is 0.0628. The van der Waals surface area contributed by atoms with Gasteiger partial charge in [-0.3, -0.25) is 14.6 Å². The van der Waals surface area contributed by atoms with Gasteiger partial charge in [0.05, 0.1) is 24.7 Å². The van der Waals surface area contributed by atoms with E-state index in [-0.39, 0.29) is 37.4 Å². The first-order valence-electron chi connectivity index (χ1n) is 13.7. The number of fused-ring (bicyclic) bond motifs is 1. The minimum atomic E-state index is -0.771. The fraction of sp³-hybridized carbons (Fsp3) is 0.452. The number of amidine groups is 1. The number of amides is 1. The highest BCUT2D eigenvalue weighted by molar-refractivity contribution is 7.99. The van der Waals surface area contributed by atoms with Crippen molar-refractivity contribution in [3.8, 4) is 0 Å². The molecule has 2 heterocycles. The fourth-order valence-corrected chi connectivity index (χ4v) is 6.21. The number of aldehydes is 1. The predicted molar refractivity (Wildman–Crippen MR) is 168 cm³/mol. The van der Waals surface area contributed by atoms with E-state index in [1.165, 1.54) is 37.9 Å². The predicted octanol–water partition coefficient (Wildman–Crippen LogP) is 5.34. The summed E-state index contributed by atoms with van der Waals surface area (Å²) in [5, 5.41) is 0. The molecule has 0 spiro atoms. The summed E-state index contributed by atoms with van der Waals surface area (Å²) in [4.78, 5) is 33.0. The lowest BCUT2D eigenvalue weighted by molar-refractivity contribution is -0.108. The number of likely N-dealkylation sites (N-methyl/N-ethyl adjacent to an activating group) is 1. The molecule has 0 radical (unpaired) electrons. The Hall–Kier alpha value is -3.19. The first-order valence-corrected chi connectivity index (χ1v) is 14.7. The number of ether oxygens (including phenoxy) is 2. The highest BCUT2D eigenvalue weighted by atomic mass is 32.2. The van der Waals surface area contributed by atoms with E-state index < -0.39 is 12.5 Å². The molecule has 2 aliphatic rings. The van der Waals surface area contributed by atoms with Gasteiger partial charge in [-0.15, -0.1) is 11.8 Å². The number of hydrogen-bond acceptors (Lipinski definition) is 7. The van der Waals surface area contributed by atoms with Crippen LogP contribution >= 0.6 is 11.8 Å². The van der Waals surface area contributed by atoms with Gasteiger partial charge in [-0.25, -0.2) is 13.2 Å². The number of methoxy groups -OCH3 is 1. The summed E-state index contributed by atoms with van der Waals surface area (Å²) in [5.41, 5.74) is 2.39. The SMILES string of the molecule is C=CC=O.CN=C(c1cc(CF)c(/C=C/C(C)=C(F)\C=C\F)c2c1N(C=O)[C@@H](COCOC)CS2)N1CCN(C)C[C@@H]1C. The molecule has 1 saturated heterocycles. The van der Waals surface area contributed by atoms with Crippen molar-refractivity contribution in [3.05, 3.63) is 65.3 Å². The molecule has 3 rings (SSSR count). The molecular weight excluding hydrogens is 581 g/mol. The second-order valence-electron chi connectivity index (χ2n) is 9.94. The number of hydrogen-bond donors (Lipinski definition) is 0. The van der Waals surface area contributed by atoms with Crippen molar-refractivity contribution in [2.24, 2.45) is 4.99 Å². The molecule has 236 valence electrons. The zero-order valence-corrected chi connectivity index (χ0v) is 26.2. The summed E-state index contributed by atoms with van der Waals surface area (Å²) in [6, 6.07) is 1.59. The molecule has 8 nitrogen and oxygen atoms in total. The summed E-state index contributed by atoms with van der Waals surface area (Å²) in [7, 11) is 5.30. The number of aliphatic imine (C=N–C) groups is 1. The molecule has 0 N–H and O–H groups in total. The lowest BCUT2D eigenvalue weighted by Gasteiger charge is -2.42. The summed E-state index contributed by atoms with van der Waals surface area (Å²) in [6.07, 6.45) is 6.56. The number of carbonyl (C=O) groups excluding carboxylic acids is 2. The van der Waals surface area contributed by atoms with E-state index >= 15 is 0 Å². The summed E-state index contributed by atoms with van der Waals surface area (Å²) in [5.74, 6) is 0.448. The Morgan fingerprint density at radius 3 is 2.56 bits per heavy atom. The van der Waals surface area contributed by atoms with Gasteiger partial charge >= 0.3 is 0 Å². The Morgan fingerprint density at radius 2 is 2.00 bits per heavy atom. The van der Waals surface area contributed by atoms with Crippen LogP contribution in [0.4, 0.5) is 18.9 Å². The van der Waals surface area contributed by atoms with Gasteiger partial charge in [0.25, 0.3) is 0 Å². The molecule has 2 atom stereocenters. The monoisotopic (exact) mass is 622 g/mol. The molecule has 43 heavy (non-hydrogen) atoms. The van der Waals surface area contributed by atoms with Gasteiger partial charge in [0.2, 0.25) is 6.41 Å². The van der Waals surface area contributed by atoms with Crippen molar-refractivity contribution < 1.29 is 32.2 Å². The van der Waals surface area contributed by atoms with Crippen LogP contribution in [0.5, 0.6) is 0 Å². The molecule has 1 amide bonds. The molecule has 0 saturated carbocycles. The van der Waals surface area contributed by atoms with E-state index in [2.05, 4.69) is 35.3 Å². The first kappa shape index (κ1) is 36.0. The van der Waals surface area contributed by atoms with E-state index in [9.17, 15) is 18.0 Å². The minimum Gasteiger partial charge on any atom is -0.359 e. The third-order valence-electron chi connectivity index (χ3n) is 6.96. The van der Waals surface area contributed by atoms with Gasteiger partial charge in [-0.1, -0.05) is 18.7 Å². The average Bonchev–Trinajstić information content (AvgIpc) is 3.01. The van der Waals surface area contributed by atoms with Crippen LogP contribution in [-0.4, -0.2) is 100 Å². The lowest BCUT2D eigenvalue weighted by atomic mass is 9.97. The Balaban J connectivity index is 0.00000151. The maximum Gasteiger partial charge on any atom is 0.214 e. The number of halogens is 3. The minimum absolute atomic E-state index is 0.0906. The largest absolute Gasteiger partial charge is 0.359 e. The van der Waals surface area contributed by atoms with Gasteiger partial charge in [-0.2, -0.15) is 0 Å². The molecular formula is C31H41F3N4O4S. The van der Waals surface area contributed by atoms with Gasteiger partial charge in [0, 0.05) is 62.1 Å². The first-order chi connectivity index (χ1) is 20.7. The number of allylic oxidation sites excluding steroid dienone is 5. The van der Waals surface area contributed by atoms with E-state index in [1.807, 2.05) is 0 Å². The van der Waals surface area contributed by atoms with Crippen LogP contribution in [0.1, 0.15) is 30.5 Å². The van der Waals surface area contributed by atoms with Gasteiger partial charge in [0.1, 0.15) is 31.4 Å². The maximum absolute atomic E-state index is 14.6. The fourth-order valence-electron chi connectivity index (χ4n) is 4.89. The van der Waals surface area contributed by atoms with E-state index in [0.717, 1.165) is 32.1 Å². The summed E-state index contributed by atoms with van der Waals surface area (Å²) in [6.45, 7) is 8.71. The van der Waals surface area contributed by atoms with Crippen LogP contribution in [0.2, 0.25) is 0 Å². The number of benzene rings is 1. The second-order valence-corrected chi connectivity index (χ2v) is 11.0. The molecule has 1 aromatic carbocycles. The van der Waals surface area contributed by atoms with Crippen LogP contribution in [-0.2, 0) is 25.7 Å². The summed E-state index contributed by atoms with van der Waals surface area (Å²) < 4.78 is 51.8. The van der Waals surface area contributed by atoms with Crippen molar-refractivity contribution in [3.63, 3.8) is 0 Å². The average molecular weight is 623 g/mol. The van der Waals surface area contributed by atoms with Gasteiger partial charge in [-0.05, 0) is 49.7 Å². The molecule has 12 heteroatoms. The van der Waals surface area contributed by atoms with Crippen LogP contribution in [0.25, 0.3) is 6.08 Å². The van der Waals surface area contributed by atoms with Crippen LogP contribution in [0.15, 0.2) is 58.5 Å². The number of nitrogens with zero attached hydrogens (tertiary/aromatic N) is 4. The number of thioether (sulfide) groups is 1. The second kappa shape index (κ2) is 18.5. The Morgan fingerprint density at radius 1 is 1.28 bits per heavy atom. The van der Waals surface area contributed by atoms with Gasteiger partial charge in [0.15, 0.2) is 0 Å². The number of carbonyl (C=O) groups is 2. The van der Waals surface area contributed by atoms with E-state index in [0.29, 0.717) is 45.1 Å². The van der Waals surface area contributed by atoms with Crippen molar-refractivity contribution in [2.45, 2.75) is 37.5 Å². The Labute approximate surface area is 256 Å². The van der Waals surface area contributed by atoms with Gasteiger partial charge < -0.3 is 24.2 Å². The van der Waals surface area contributed by atoms with E-state index in [1.54, 1.807) is 24.1 Å². The van der Waals surface area contributed by atoms with Crippen molar-refractivity contribution in [1.82, 2.24) is 9.80 Å². The summed E-state index contributed by atoms with van der Waals surface area (Å²) >= 11 is 1.49. The van der Waals surface area contributed by atoms with Crippen LogP contribution in [0, 0.1) is 0 Å². The third-order valence-corrected chi connectivity index (χ3v) is 8.21. The highest BCUT2D eigenvalue weighted by Crippen LogP contribution is 2.45. The molecule has 0 bridgehead atoms. The molecule has 0 aromatic heterocycles. The number of anilines is 1. The van der Waals surface area contributed by atoms with Crippen LogP contribution < -0.4 is 4.90 Å². The standard InChI is InChI=1S/C28H37F3N4O3S.C3H4O/c1-19(25(31)8-9-29)6-7-23-21(13-30)12-24(28(32-3)34-11-10-33(4)14-20(34)2)26-27(23)39-16-22(35(26)17-36)15-38-18-37-5;1-2-3-4/h6-9,12,17,20,22H,10-11,13-16,18H2,1-5H3;2-3H,1H2/b7-6+,9-8+,25-19+,32-28?;/t20-,22-;/m0./s1. The molecule has 0 aliphatic carbocycles. The van der Waals surface area contributed by atoms with Crippen molar-refractivity contribution in [2.75, 3.05) is 64.9 Å². The molecule has 2 aliphatic heterocycles. The number of piperazine rings is 1. The zero-order chi connectivity index (χ0) is 31.9. The number of alkyl halides is 1. The molecule has 1 fully saturated rings. The Bertz CT molecular complexity index is 1230. The number of rotatable bonds is 11. The highest BCUT2D eigenvalue weighted by Gasteiger charge is 2.35. The Kier molecular flexibility index (Phi) is 15.5. The van der Waals surface area contributed by atoms with Crippen molar-refractivity contribution in [1.29, 1.82) is 0 Å². The third kappa shape index (κ3) is 9.40. The topological polar surface area (TPSA) is 74.7 Å². The molecule has 0 unspecified atom stereocenters. The van der Waals surface area contributed by atoms with Crippen LogP contribution in [0.3, 0.4) is 0 Å². The zero-order valence-electron chi connectivity index (χ0n) is 25.4. The van der Waals surface area contributed by atoms with Crippen molar-refractivity contribution >= 4 is 42.1 Å². The maximum atomic E-state index is 14.6. The smallest absolute Gasteiger partial charge is 0.214 e.